The Kier molecular flexibility index (Phi) is 2.37. The summed E-state index contributed by atoms with van der Waals surface area (Å²) in [6.07, 6.45) is 0. The number of aromatic nitrogens is 1. The lowest BCUT2D eigenvalue weighted by molar-refractivity contribution is 1.33. The van der Waals surface area contributed by atoms with Crippen molar-refractivity contribution in [2.75, 3.05) is 0 Å². The minimum atomic E-state index is 1.09. The number of pyridine rings is 1. The van der Waals surface area contributed by atoms with Crippen molar-refractivity contribution in [3.8, 4) is 0 Å². The van der Waals surface area contributed by atoms with Crippen LogP contribution in [0, 0.1) is 27.7 Å². The van der Waals surface area contributed by atoms with Gasteiger partial charge in [-0.15, -0.1) is 0 Å². The van der Waals surface area contributed by atoms with Gasteiger partial charge in [0.25, 0.3) is 0 Å². The maximum atomic E-state index is 4.78. The van der Waals surface area contributed by atoms with Gasteiger partial charge in [-0.2, -0.15) is 0 Å². The molecule has 90 valence electrons. The van der Waals surface area contributed by atoms with Crippen LogP contribution in [0.5, 0.6) is 0 Å². The summed E-state index contributed by atoms with van der Waals surface area (Å²) in [5.41, 5.74) is 7.44. The van der Waals surface area contributed by atoms with Gasteiger partial charge in [0.1, 0.15) is 0 Å². The van der Waals surface area contributed by atoms with Crippen LogP contribution in [0.4, 0.5) is 0 Å². The van der Waals surface area contributed by atoms with Gasteiger partial charge in [-0.05, 0) is 80.3 Å². The van der Waals surface area contributed by atoms with Crippen LogP contribution in [0.15, 0.2) is 30.3 Å². The second-order valence-corrected chi connectivity index (χ2v) is 5.25. The smallest absolute Gasteiger partial charge is 0.0712 e. The molecule has 3 rings (SSSR count). The minimum Gasteiger partial charge on any atom is -0.248 e. The van der Waals surface area contributed by atoms with Crippen molar-refractivity contribution in [3.05, 3.63) is 52.6 Å². The molecule has 0 aliphatic rings. The summed E-state index contributed by atoms with van der Waals surface area (Å²) in [5, 5.41) is 2.46. The first-order chi connectivity index (χ1) is 8.54. The Labute approximate surface area is 107 Å². The van der Waals surface area contributed by atoms with E-state index in [2.05, 4.69) is 58.0 Å². The molecule has 18 heavy (non-hydrogen) atoms. The molecule has 0 aliphatic heterocycles. The third-order valence-corrected chi connectivity index (χ3v) is 3.84. The Morgan fingerprint density at radius 2 is 0.944 bits per heavy atom. The average Bonchev–Trinajstić information content (AvgIpc) is 2.31. The van der Waals surface area contributed by atoms with E-state index in [1.165, 1.54) is 33.0 Å². The standard InChI is InChI=1S/C17H17N/c1-10-5-14-9-15-6-11(2)13(4)8-17(15)18-16(14)7-12(10)3/h5-9H,1-4H3. The van der Waals surface area contributed by atoms with Crippen LogP contribution in [-0.2, 0) is 0 Å². The van der Waals surface area contributed by atoms with E-state index in [0.717, 1.165) is 11.0 Å². The molecule has 0 amide bonds. The highest BCUT2D eigenvalue weighted by atomic mass is 14.7. The van der Waals surface area contributed by atoms with E-state index in [4.69, 9.17) is 4.98 Å². The van der Waals surface area contributed by atoms with Gasteiger partial charge in [0.2, 0.25) is 0 Å². The third kappa shape index (κ3) is 1.67. The second-order valence-electron chi connectivity index (χ2n) is 5.25. The highest BCUT2D eigenvalue weighted by molar-refractivity contribution is 5.93. The van der Waals surface area contributed by atoms with E-state index in [1.54, 1.807) is 0 Å². The fourth-order valence-electron chi connectivity index (χ4n) is 2.37. The van der Waals surface area contributed by atoms with Crippen LogP contribution in [0.1, 0.15) is 22.3 Å². The van der Waals surface area contributed by atoms with Crippen molar-refractivity contribution in [2.24, 2.45) is 0 Å². The Balaban J connectivity index is 2.43. The van der Waals surface area contributed by atoms with E-state index in [1.807, 2.05) is 0 Å². The van der Waals surface area contributed by atoms with Crippen molar-refractivity contribution in [1.29, 1.82) is 0 Å². The molecule has 2 aromatic carbocycles. The van der Waals surface area contributed by atoms with Gasteiger partial charge in [-0.1, -0.05) is 0 Å². The molecule has 0 spiro atoms. The number of rotatable bonds is 0. The summed E-state index contributed by atoms with van der Waals surface area (Å²) in [5.74, 6) is 0. The van der Waals surface area contributed by atoms with E-state index in [0.29, 0.717) is 0 Å². The predicted molar refractivity (Wildman–Crippen MR) is 78.2 cm³/mol. The molecule has 0 N–H and O–H groups in total. The lowest BCUT2D eigenvalue weighted by Crippen LogP contribution is -1.89. The number of aryl methyl sites for hydroxylation is 4. The molecule has 0 atom stereocenters. The van der Waals surface area contributed by atoms with Crippen LogP contribution in [0.25, 0.3) is 21.8 Å². The van der Waals surface area contributed by atoms with Gasteiger partial charge in [0.05, 0.1) is 11.0 Å². The molecule has 1 aromatic heterocycles. The van der Waals surface area contributed by atoms with Crippen LogP contribution >= 0.6 is 0 Å². The summed E-state index contributed by atoms with van der Waals surface area (Å²) in [4.78, 5) is 4.78. The van der Waals surface area contributed by atoms with E-state index in [-0.39, 0.29) is 0 Å². The topological polar surface area (TPSA) is 12.9 Å². The maximum absolute atomic E-state index is 4.78. The van der Waals surface area contributed by atoms with Gasteiger partial charge >= 0.3 is 0 Å². The zero-order chi connectivity index (χ0) is 12.9. The Morgan fingerprint density at radius 1 is 0.556 bits per heavy atom. The zero-order valence-corrected chi connectivity index (χ0v) is 11.3. The largest absolute Gasteiger partial charge is 0.248 e. The number of hydrogen-bond donors (Lipinski definition) is 0. The first kappa shape index (κ1) is 11.2. The maximum Gasteiger partial charge on any atom is 0.0712 e. The fourth-order valence-corrected chi connectivity index (χ4v) is 2.37. The Bertz CT molecular complexity index is 641. The summed E-state index contributed by atoms with van der Waals surface area (Å²) in [6, 6.07) is 11.1. The van der Waals surface area contributed by atoms with E-state index < -0.39 is 0 Å². The van der Waals surface area contributed by atoms with Crippen molar-refractivity contribution in [1.82, 2.24) is 4.98 Å². The summed E-state index contributed by atoms with van der Waals surface area (Å²) >= 11 is 0. The lowest BCUT2D eigenvalue weighted by Gasteiger charge is -2.07. The molecule has 0 unspecified atom stereocenters. The van der Waals surface area contributed by atoms with Crippen LogP contribution in [0.3, 0.4) is 0 Å². The molecule has 0 radical (unpaired) electrons. The summed E-state index contributed by atoms with van der Waals surface area (Å²) < 4.78 is 0. The van der Waals surface area contributed by atoms with Gasteiger partial charge < -0.3 is 0 Å². The summed E-state index contributed by atoms with van der Waals surface area (Å²) in [7, 11) is 0. The van der Waals surface area contributed by atoms with Crippen molar-refractivity contribution >= 4 is 21.8 Å². The predicted octanol–water partition coefficient (Wildman–Crippen LogP) is 4.62. The second kappa shape index (κ2) is 3.81. The van der Waals surface area contributed by atoms with Crippen molar-refractivity contribution < 1.29 is 0 Å². The van der Waals surface area contributed by atoms with E-state index >= 15 is 0 Å². The van der Waals surface area contributed by atoms with Gasteiger partial charge in [0.15, 0.2) is 0 Å². The highest BCUT2D eigenvalue weighted by Gasteiger charge is 2.04. The summed E-state index contributed by atoms with van der Waals surface area (Å²) in [6.45, 7) is 8.58. The number of hydrogen-bond acceptors (Lipinski definition) is 1. The van der Waals surface area contributed by atoms with E-state index in [9.17, 15) is 0 Å². The molecule has 0 fully saturated rings. The first-order valence-electron chi connectivity index (χ1n) is 6.33. The fraction of sp³-hybridized carbons (Fsp3) is 0.235. The molecule has 1 nitrogen and oxygen atoms in total. The zero-order valence-electron chi connectivity index (χ0n) is 11.3. The normalized spacial score (nSPS) is 11.3. The molecule has 1 heteroatoms. The van der Waals surface area contributed by atoms with Gasteiger partial charge in [-0.25, -0.2) is 4.98 Å². The quantitative estimate of drug-likeness (QED) is 0.518. The monoisotopic (exact) mass is 235 g/mol. The van der Waals surface area contributed by atoms with Crippen LogP contribution in [-0.4, -0.2) is 4.98 Å². The average molecular weight is 235 g/mol. The molecule has 0 saturated carbocycles. The van der Waals surface area contributed by atoms with Gasteiger partial charge in [0, 0.05) is 10.8 Å². The minimum absolute atomic E-state index is 1.09. The number of fused-ring (bicyclic) bond motifs is 2. The Hall–Kier alpha value is -1.89. The molecule has 0 bridgehead atoms. The Morgan fingerprint density at radius 3 is 1.39 bits per heavy atom. The first-order valence-corrected chi connectivity index (χ1v) is 6.33. The molecule has 0 saturated heterocycles. The van der Waals surface area contributed by atoms with Crippen LogP contribution in [0.2, 0.25) is 0 Å². The van der Waals surface area contributed by atoms with Crippen molar-refractivity contribution in [3.63, 3.8) is 0 Å². The number of benzene rings is 2. The molecule has 1 heterocycles. The molecular weight excluding hydrogens is 218 g/mol. The molecule has 3 aromatic rings. The molecule has 0 aliphatic carbocycles. The molecular formula is C17H17N. The van der Waals surface area contributed by atoms with Crippen molar-refractivity contribution in [2.45, 2.75) is 27.7 Å². The third-order valence-electron chi connectivity index (χ3n) is 3.84. The SMILES string of the molecule is Cc1cc2cc3cc(C)c(C)cc3nc2cc1C. The highest BCUT2D eigenvalue weighted by Crippen LogP contribution is 2.24. The number of nitrogens with zero attached hydrogens (tertiary/aromatic N) is 1. The van der Waals surface area contributed by atoms with Gasteiger partial charge in [-0.3, -0.25) is 0 Å². The van der Waals surface area contributed by atoms with Crippen LogP contribution < -0.4 is 0 Å². The lowest BCUT2D eigenvalue weighted by atomic mass is 10.0.